The molecule has 2 aromatic rings. The van der Waals surface area contributed by atoms with Crippen molar-refractivity contribution in [1.29, 1.82) is 0 Å². The summed E-state index contributed by atoms with van der Waals surface area (Å²) in [5.41, 5.74) is 2.08. The molecule has 0 spiro atoms. The van der Waals surface area contributed by atoms with Crippen LogP contribution >= 0.6 is 0 Å². The molecular formula is C18H23N3O3. The van der Waals surface area contributed by atoms with E-state index in [2.05, 4.69) is 10.3 Å². The van der Waals surface area contributed by atoms with Crippen molar-refractivity contribution >= 4 is 22.7 Å². The second-order valence-corrected chi connectivity index (χ2v) is 6.07. The Morgan fingerprint density at radius 1 is 1.42 bits per heavy atom. The van der Waals surface area contributed by atoms with Crippen molar-refractivity contribution in [2.24, 2.45) is 0 Å². The first-order chi connectivity index (χ1) is 11.7. The van der Waals surface area contributed by atoms with Gasteiger partial charge in [-0.3, -0.25) is 9.59 Å². The van der Waals surface area contributed by atoms with E-state index in [4.69, 9.17) is 4.74 Å². The van der Waals surface area contributed by atoms with E-state index in [1.165, 1.54) is 0 Å². The minimum Gasteiger partial charge on any atom is -0.385 e. The largest absolute Gasteiger partial charge is 0.385 e. The molecule has 6 heteroatoms. The summed E-state index contributed by atoms with van der Waals surface area (Å²) in [5, 5.41) is 4.00. The lowest BCUT2D eigenvalue weighted by atomic mass is 10.1. The van der Waals surface area contributed by atoms with E-state index in [-0.39, 0.29) is 17.9 Å². The van der Waals surface area contributed by atoms with Crippen molar-refractivity contribution in [2.75, 3.05) is 20.3 Å². The fraction of sp³-hybridized carbons (Fsp3) is 0.444. The van der Waals surface area contributed by atoms with Crippen LogP contribution in [0.4, 0.5) is 0 Å². The predicted molar refractivity (Wildman–Crippen MR) is 91.4 cm³/mol. The van der Waals surface area contributed by atoms with Crippen LogP contribution in [0.1, 0.15) is 24.8 Å². The predicted octanol–water partition coefficient (Wildman–Crippen LogP) is 1.81. The lowest BCUT2D eigenvalue weighted by Crippen LogP contribution is -2.44. The molecule has 24 heavy (non-hydrogen) atoms. The average molecular weight is 329 g/mol. The Morgan fingerprint density at radius 3 is 3.08 bits per heavy atom. The summed E-state index contributed by atoms with van der Waals surface area (Å²) in [6.07, 6.45) is 3.70. The Kier molecular flexibility index (Phi) is 5.15. The second kappa shape index (κ2) is 7.49. The number of hydrogen-bond acceptors (Lipinski definition) is 3. The molecule has 1 atom stereocenters. The maximum atomic E-state index is 12.4. The highest BCUT2D eigenvalue weighted by Gasteiger charge is 2.36. The number of benzene rings is 1. The van der Waals surface area contributed by atoms with Crippen LogP contribution in [-0.2, 0) is 20.9 Å². The van der Waals surface area contributed by atoms with Crippen LogP contribution in [0.15, 0.2) is 30.5 Å². The van der Waals surface area contributed by atoms with Gasteiger partial charge in [0.15, 0.2) is 0 Å². The molecule has 2 N–H and O–H groups in total. The first-order valence-corrected chi connectivity index (χ1v) is 8.32. The fourth-order valence-corrected chi connectivity index (χ4v) is 3.20. The number of methoxy groups -OCH3 is 1. The molecule has 1 aliphatic rings. The van der Waals surface area contributed by atoms with Crippen molar-refractivity contribution in [2.45, 2.75) is 31.8 Å². The summed E-state index contributed by atoms with van der Waals surface area (Å²) in [6.45, 7) is 1.64. The minimum atomic E-state index is -0.381. The zero-order chi connectivity index (χ0) is 16.9. The number of likely N-dealkylation sites (tertiary alicyclic amines) is 1. The average Bonchev–Trinajstić information content (AvgIpc) is 3.17. The normalized spacial score (nSPS) is 17.6. The fourth-order valence-electron chi connectivity index (χ4n) is 3.20. The summed E-state index contributed by atoms with van der Waals surface area (Å²) in [5.74, 6) is -0.0332. The van der Waals surface area contributed by atoms with Crippen LogP contribution < -0.4 is 5.32 Å². The molecule has 128 valence electrons. The summed E-state index contributed by atoms with van der Waals surface area (Å²) >= 11 is 0. The Balaban J connectivity index is 1.68. The Labute approximate surface area is 141 Å². The van der Waals surface area contributed by atoms with E-state index < -0.39 is 0 Å². The minimum absolute atomic E-state index is 0.0392. The number of rotatable bonds is 7. The standard InChI is InChI=1S/C18H23N3O3/c1-24-10-4-9-19-18(23)16-7-8-17(22)21(16)12-13-11-20-15-6-3-2-5-14(13)15/h2-3,5-6,11,16,20H,4,7-10,12H2,1H3,(H,19,23)/t16-/m0/s1. The molecule has 0 unspecified atom stereocenters. The smallest absolute Gasteiger partial charge is 0.242 e. The highest BCUT2D eigenvalue weighted by Crippen LogP contribution is 2.25. The van der Waals surface area contributed by atoms with Gasteiger partial charge in [-0.1, -0.05) is 18.2 Å². The van der Waals surface area contributed by atoms with E-state index in [1.54, 1.807) is 12.0 Å². The molecule has 0 aliphatic carbocycles. The third-order valence-electron chi connectivity index (χ3n) is 4.47. The van der Waals surface area contributed by atoms with E-state index in [0.717, 1.165) is 22.9 Å². The maximum absolute atomic E-state index is 12.4. The van der Waals surface area contributed by atoms with Crippen LogP contribution in [0.3, 0.4) is 0 Å². The van der Waals surface area contributed by atoms with Gasteiger partial charge in [0.1, 0.15) is 6.04 Å². The Morgan fingerprint density at radius 2 is 2.25 bits per heavy atom. The van der Waals surface area contributed by atoms with Crippen LogP contribution in [0, 0.1) is 0 Å². The molecule has 1 aliphatic heterocycles. The molecule has 1 aromatic carbocycles. The second-order valence-electron chi connectivity index (χ2n) is 6.07. The van der Waals surface area contributed by atoms with Gasteiger partial charge in [-0.15, -0.1) is 0 Å². The van der Waals surface area contributed by atoms with E-state index in [9.17, 15) is 9.59 Å². The first-order valence-electron chi connectivity index (χ1n) is 8.32. The van der Waals surface area contributed by atoms with Gasteiger partial charge < -0.3 is 19.9 Å². The van der Waals surface area contributed by atoms with Crippen LogP contribution in [0.2, 0.25) is 0 Å². The highest BCUT2D eigenvalue weighted by molar-refractivity contribution is 5.91. The molecule has 0 radical (unpaired) electrons. The monoisotopic (exact) mass is 329 g/mol. The van der Waals surface area contributed by atoms with Crippen molar-refractivity contribution in [1.82, 2.24) is 15.2 Å². The zero-order valence-electron chi connectivity index (χ0n) is 13.9. The van der Waals surface area contributed by atoms with Gasteiger partial charge >= 0.3 is 0 Å². The van der Waals surface area contributed by atoms with Gasteiger partial charge in [0.2, 0.25) is 11.8 Å². The van der Waals surface area contributed by atoms with E-state index in [0.29, 0.717) is 32.5 Å². The van der Waals surface area contributed by atoms with Crippen LogP contribution in [-0.4, -0.2) is 48.0 Å². The number of aromatic amines is 1. The molecule has 3 rings (SSSR count). The number of ether oxygens (including phenoxy) is 1. The first kappa shape index (κ1) is 16.5. The molecule has 2 heterocycles. The molecule has 0 bridgehead atoms. The topological polar surface area (TPSA) is 74.4 Å². The highest BCUT2D eigenvalue weighted by atomic mass is 16.5. The summed E-state index contributed by atoms with van der Waals surface area (Å²) in [7, 11) is 1.64. The lowest BCUT2D eigenvalue weighted by molar-refractivity contribution is -0.135. The quantitative estimate of drug-likeness (QED) is 0.761. The summed E-state index contributed by atoms with van der Waals surface area (Å²) in [6, 6.07) is 7.60. The molecule has 2 amide bonds. The van der Waals surface area contributed by atoms with Crippen LogP contribution in [0.5, 0.6) is 0 Å². The number of aromatic nitrogens is 1. The number of nitrogens with zero attached hydrogens (tertiary/aromatic N) is 1. The van der Waals surface area contributed by atoms with Crippen molar-refractivity contribution < 1.29 is 14.3 Å². The van der Waals surface area contributed by atoms with Gasteiger partial charge in [0.25, 0.3) is 0 Å². The van der Waals surface area contributed by atoms with Crippen molar-refractivity contribution in [3.05, 3.63) is 36.0 Å². The van der Waals surface area contributed by atoms with Crippen LogP contribution in [0.25, 0.3) is 10.9 Å². The number of H-pyrrole nitrogens is 1. The molecule has 1 saturated heterocycles. The van der Waals surface area contributed by atoms with E-state index >= 15 is 0 Å². The number of para-hydroxylation sites is 1. The zero-order valence-corrected chi connectivity index (χ0v) is 13.9. The van der Waals surface area contributed by atoms with Gasteiger partial charge in [-0.05, 0) is 24.5 Å². The summed E-state index contributed by atoms with van der Waals surface area (Å²) in [4.78, 5) is 29.6. The number of fused-ring (bicyclic) bond motifs is 1. The molecule has 1 aromatic heterocycles. The Bertz CT molecular complexity index is 725. The number of carbonyl (C=O) groups is 2. The number of amides is 2. The summed E-state index contributed by atoms with van der Waals surface area (Å²) < 4.78 is 4.98. The lowest BCUT2D eigenvalue weighted by Gasteiger charge is -2.24. The number of nitrogens with one attached hydrogen (secondary N) is 2. The number of hydrogen-bond donors (Lipinski definition) is 2. The third kappa shape index (κ3) is 3.43. The molecule has 6 nitrogen and oxygen atoms in total. The number of carbonyl (C=O) groups excluding carboxylic acids is 2. The molecule has 1 fully saturated rings. The molecule has 0 saturated carbocycles. The SMILES string of the molecule is COCCCNC(=O)[C@@H]1CCC(=O)N1Cc1c[nH]c2ccccc12. The van der Waals surface area contributed by atoms with Gasteiger partial charge in [0.05, 0.1) is 0 Å². The van der Waals surface area contributed by atoms with Gasteiger partial charge in [0, 0.05) is 50.3 Å². The van der Waals surface area contributed by atoms with Crippen molar-refractivity contribution in [3.8, 4) is 0 Å². The third-order valence-corrected chi connectivity index (χ3v) is 4.47. The van der Waals surface area contributed by atoms with Gasteiger partial charge in [-0.25, -0.2) is 0 Å². The van der Waals surface area contributed by atoms with E-state index in [1.807, 2.05) is 30.5 Å². The maximum Gasteiger partial charge on any atom is 0.242 e. The van der Waals surface area contributed by atoms with Crippen molar-refractivity contribution in [3.63, 3.8) is 0 Å². The Hall–Kier alpha value is -2.34. The molecular weight excluding hydrogens is 306 g/mol. The van der Waals surface area contributed by atoms with Gasteiger partial charge in [-0.2, -0.15) is 0 Å².